The first kappa shape index (κ1) is 13.4. The van der Waals surface area contributed by atoms with Crippen molar-refractivity contribution in [2.24, 2.45) is 5.92 Å². The van der Waals surface area contributed by atoms with Crippen molar-refractivity contribution in [3.63, 3.8) is 0 Å². The number of hydrogen-bond acceptors (Lipinski definition) is 4. The molecule has 0 bridgehead atoms. The molecule has 20 heavy (non-hydrogen) atoms. The molecule has 1 N–H and O–H groups in total. The summed E-state index contributed by atoms with van der Waals surface area (Å²) in [7, 11) is 1.83. The SMILES string of the molecule is CNc1ccncc1C(=O)N1CCN(CC2CC2)CC1. The molecule has 1 saturated carbocycles. The number of aromatic nitrogens is 1. The van der Waals surface area contributed by atoms with Crippen molar-refractivity contribution in [2.75, 3.05) is 45.1 Å². The molecule has 5 nitrogen and oxygen atoms in total. The van der Waals surface area contributed by atoms with Gasteiger partial charge in [-0.05, 0) is 24.8 Å². The number of hydrogen-bond donors (Lipinski definition) is 1. The molecular formula is C15H22N4O. The third-order valence-corrected chi connectivity index (χ3v) is 4.19. The molecule has 2 heterocycles. The Morgan fingerprint density at radius 1 is 1.35 bits per heavy atom. The van der Waals surface area contributed by atoms with Gasteiger partial charge in [-0.2, -0.15) is 0 Å². The lowest BCUT2D eigenvalue weighted by molar-refractivity contribution is 0.0632. The molecule has 0 radical (unpaired) electrons. The zero-order valence-corrected chi connectivity index (χ0v) is 12.0. The summed E-state index contributed by atoms with van der Waals surface area (Å²) < 4.78 is 0. The average molecular weight is 274 g/mol. The van der Waals surface area contributed by atoms with E-state index in [-0.39, 0.29) is 5.91 Å². The van der Waals surface area contributed by atoms with Crippen molar-refractivity contribution in [1.82, 2.24) is 14.8 Å². The predicted molar refractivity (Wildman–Crippen MR) is 78.9 cm³/mol. The summed E-state index contributed by atoms with van der Waals surface area (Å²) in [6.45, 7) is 4.86. The largest absolute Gasteiger partial charge is 0.387 e. The van der Waals surface area contributed by atoms with Crippen molar-refractivity contribution < 1.29 is 4.79 Å². The number of carbonyl (C=O) groups is 1. The van der Waals surface area contributed by atoms with Crippen molar-refractivity contribution in [2.45, 2.75) is 12.8 Å². The molecule has 1 aromatic heterocycles. The highest BCUT2D eigenvalue weighted by Gasteiger charge is 2.28. The zero-order valence-electron chi connectivity index (χ0n) is 12.0. The molecule has 1 saturated heterocycles. The van der Waals surface area contributed by atoms with Crippen LogP contribution in [0.15, 0.2) is 18.5 Å². The summed E-state index contributed by atoms with van der Waals surface area (Å²) in [6, 6.07) is 1.84. The maximum Gasteiger partial charge on any atom is 0.257 e. The number of pyridine rings is 1. The van der Waals surface area contributed by atoms with Crippen LogP contribution >= 0.6 is 0 Å². The second-order valence-corrected chi connectivity index (χ2v) is 5.71. The summed E-state index contributed by atoms with van der Waals surface area (Å²) in [6.07, 6.45) is 6.14. The normalized spacial score (nSPS) is 19.9. The Morgan fingerprint density at radius 2 is 2.10 bits per heavy atom. The number of amides is 1. The molecular weight excluding hydrogens is 252 g/mol. The Labute approximate surface area is 120 Å². The Hall–Kier alpha value is -1.62. The lowest BCUT2D eigenvalue weighted by atomic mass is 10.2. The molecule has 0 unspecified atom stereocenters. The van der Waals surface area contributed by atoms with Gasteiger partial charge >= 0.3 is 0 Å². The number of nitrogens with one attached hydrogen (secondary N) is 1. The molecule has 5 heteroatoms. The van der Waals surface area contributed by atoms with Crippen LogP contribution in [0.1, 0.15) is 23.2 Å². The molecule has 1 aromatic rings. The predicted octanol–water partition coefficient (Wildman–Crippen LogP) is 1.29. The van der Waals surface area contributed by atoms with Crippen LogP contribution in [0.2, 0.25) is 0 Å². The second-order valence-electron chi connectivity index (χ2n) is 5.71. The van der Waals surface area contributed by atoms with E-state index in [2.05, 4.69) is 15.2 Å². The number of piperazine rings is 1. The highest BCUT2D eigenvalue weighted by Crippen LogP contribution is 2.30. The first-order valence-electron chi connectivity index (χ1n) is 7.41. The molecule has 108 valence electrons. The van der Waals surface area contributed by atoms with Crippen LogP contribution in [-0.2, 0) is 0 Å². The van der Waals surface area contributed by atoms with Crippen molar-refractivity contribution in [3.05, 3.63) is 24.0 Å². The molecule has 1 aliphatic heterocycles. The van der Waals surface area contributed by atoms with Gasteiger partial charge in [0.2, 0.25) is 0 Å². The Balaban J connectivity index is 1.60. The summed E-state index contributed by atoms with van der Waals surface area (Å²) in [5, 5.41) is 3.06. The van der Waals surface area contributed by atoms with Gasteiger partial charge in [0.1, 0.15) is 0 Å². The Morgan fingerprint density at radius 3 is 2.75 bits per heavy atom. The van der Waals surface area contributed by atoms with Gasteiger partial charge in [0, 0.05) is 57.9 Å². The van der Waals surface area contributed by atoms with E-state index >= 15 is 0 Å². The van der Waals surface area contributed by atoms with E-state index in [1.807, 2.05) is 18.0 Å². The summed E-state index contributed by atoms with van der Waals surface area (Å²) in [5.41, 5.74) is 1.52. The van der Waals surface area contributed by atoms with E-state index < -0.39 is 0 Å². The van der Waals surface area contributed by atoms with E-state index in [1.165, 1.54) is 19.4 Å². The molecule has 0 atom stereocenters. The third kappa shape index (κ3) is 2.93. The fourth-order valence-corrected chi connectivity index (χ4v) is 2.75. The monoisotopic (exact) mass is 274 g/mol. The topological polar surface area (TPSA) is 48.5 Å². The van der Waals surface area contributed by atoms with E-state index in [0.29, 0.717) is 5.56 Å². The van der Waals surface area contributed by atoms with Crippen LogP contribution in [0.4, 0.5) is 5.69 Å². The highest BCUT2D eigenvalue weighted by molar-refractivity contribution is 5.99. The van der Waals surface area contributed by atoms with Crippen molar-refractivity contribution >= 4 is 11.6 Å². The highest BCUT2D eigenvalue weighted by atomic mass is 16.2. The first-order valence-corrected chi connectivity index (χ1v) is 7.41. The number of rotatable bonds is 4. The number of nitrogens with zero attached hydrogens (tertiary/aromatic N) is 3. The van der Waals surface area contributed by atoms with Gasteiger partial charge in [0.05, 0.1) is 5.56 Å². The lowest BCUT2D eigenvalue weighted by Crippen LogP contribution is -2.49. The van der Waals surface area contributed by atoms with Crippen LogP contribution in [-0.4, -0.2) is 60.5 Å². The Bertz CT molecular complexity index is 479. The minimum absolute atomic E-state index is 0.0912. The van der Waals surface area contributed by atoms with Crippen LogP contribution in [0.5, 0.6) is 0 Å². The van der Waals surface area contributed by atoms with Gasteiger partial charge in [-0.1, -0.05) is 0 Å². The quantitative estimate of drug-likeness (QED) is 0.899. The van der Waals surface area contributed by atoms with Crippen LogP contribution in [0.3, 0.4) is 0 Å². The fourth-order valence-electron chi connectivity index (χ4n) is 2.75. The summed E-state index contributed by atoms with van der Waals surface area (Å²) in [5.74, 6) is 1.01. The first-order chi connectivity index (χ1) is 9.78. The van der Waals surface area contributed by atoms with Gasteiger partial charge in [0.25, 0.3) is 5.91 Å². The molecule has 3 rings (SSSR count). The summed E-state index contributed by atoms with van der Waals surface area (Å²) >= 11 is 0. The summed E-state index contributed by atoms with van der Waals surface area (Å²) in [4.78, 5) is 21.1. The molecule has 0 spiro atoms. The zero-order chi connectivity index (χ0) is 13.9. The Kier molecular flexibility index (Phi) is 3.87. The maximum absolute atomic E-state index is 12.5. The minimum Gasteiger partial charge on any atom is -0.387 e. The molecule has 2 fully saturated rings. The van der Waals surface area contributed by atoms with Crippen LogP contribution in [0, 0.1) is 5.92 Å². The molecule has 2 aliphatic rings. The fraction of sp³-hybridized carbons (Fsp3) is 0.600. The van der Waals surface area contributed by atoms with E-state index in [0.717, 1.165) is 37.8 Å². The molecule has 1 amide bonds. The van der Waals surface area contributed by atoms with Crippen molar-refractivity contribution in [1.29, 1.82) is 0 Å². The third-order valence-electron chi connectivity index (χ3n) is 4.19. The van der Waals surface area contributed by atoms with Crippen molar-refractivity contribution in [3.8, 4) is 0 Å². The second kappa shape index (κ2) is 5.79. The smallest absolute Gasteiger partial charge is 0.257 e. The van der Waals surface area contributed by atoms with Crippen LogP contribution < -0.4 is 5.32 Å². The van der Waals surface area contributed by atoms with E-state index in [9.17, 15) is 4.79 Å². The maximum atomic E-state index is 12.5. The standard InChI is InChI=1S/C15H22N4O/c1-16-14-4-5-17-10-13(14)15(20)19-8-6-18(7-9-19)11-12-2-3-12/h4-5,10,12H,2-3,6-9,11H2,1H3,(H,16,17). The molecule has 1 aliphatic carbocycles. The van der Waals surface area contributed by atoms with Crippen LogP contribution in [0.25, 0.3) is 0 Å². The van der Waals surface area contributed by atoms with E-state index in [1.54, 1.807) is 12.4 Å². The van der Waals surface area contributed by atoms with E-state index in [4.69, 9.17) is 0 Å². The van der Waals surface area contributed by atoms with Gasteiger partial charge < -0.3 is 10.2 Å². The van der Waals surface area contributed by atoms with Gasteiger partial charge in [-0.3, -0.25) is 14.7 Å². The van der Waals surface area contributed by atoms with Gasteiger partial charge in [-0.15, -0.1) is 0 Å². The minimum atomic E-state index is 0.0912. The number of anilines is 1. The number of carbonyl (C=O) groups excluding carboxylic acids is 1. The lowest BCUT2D eigenvalue weighted by Gasteiger charge is -2.35. The van der Waals surface area contributed by atoms with Gasteiger partial charge in [0.15, 0.2) is 0 Å². The van der Waals surface area contributed by atoms with Gasteiger partial charge in [-0.25, -0.2) is 0 Å². The molecule has 0 aromatic carbocycles. The average Bonchev–Trinajstić information content (AvgIpc) is 3.31.